The van der Waals surface area contributed by atoms with Crippen molar-refractivity contribution in [2.75, 3.05) is 24.9 Å². The summed E-state index contributed by atoms with van der Waals surface area (Å²) >= 11 is 0. The molecule has 0 saturated carbocycles. The van der Waals surface area contributed by atoms with Crippen LogP contribution in [0.1, 0.15) is 0 Å². The zero-order valence-electron chi connectivity index (χ0n) is 14.7. The van der Waals surface area contributed by atoms with Gasteiger partial charge in [-0.3, -0.25) is 13.9 Å². The van der Waals surface area contributed by atoms with E-state index in [1.54, 1.807) is 24.3 Å². The molecule has 0 bridgehead atoms. The van der Waals surface area contributed by atoms with Crippen LogP contribution < -0.4 is 14.4 Å². The van der Waals surface area contributed by atoms with E-state index in [1.165, 1.54) is 36.3 Å². The number of hydrogen-bond donors (Lipinski definition) is 0. The minimum Gasteiger partial charge on any atom is -0.497 e. The van der Waals surface area contributed by atoms with E-state index in [9.17, 15) is 17.6 Å². The van der Waals surface area contributed by atoms with Crippen molar-refractivity contribution in [2.45, 2.75) is 12.1 Å². The number of rotatable bonds is 7. The van der Waals surface area contributed by atoms with E-state index in [0.29, 0.717) is 17.2 Å². The van der Waals surface area contributed by atoms with E-state index in [-0.39, 0.29) is 12.5 Å². The Hall–Kier alpha value is -2.65. The number of nitrogens with zero attached hydrogens (tertiary/aromatic N) is 1. The lowest BCUT2D eigenvalue weighted by molar-refractivity contribution is -0.135. The van der Waals surface area contributed by atoms with Crippen LogP contribution in [0.5, 0.6) is 11.5 Å². The van der Waals surface area contributed by atoms with Crippen molar-refractivity contribution in [3.8, 4) is 11.5 Å². The maximum atomic E-state index is 13.0. The van der Waals surface area contributed by atoms with Gasteiger partial charge in [0.25, 0.3) is 16.0 Å². The molecule has 27 heavy (non-hydrogen) atoms. The molecule has 0 spiro atoms. The lowest BCUT2D eigenvalue weighted by atomic mass is 9.97. The molecule has 0 radical (unpaired) electrons. The van der Waals surface area contributed by atoms with E-state index in [1.807, 2.05) is 0 Å². The van der Waals surface area contributed by atoms with Gasteiger partial charge in [0, 0.05) is 5.69 Å². The molecule has 2 aromatic rings. The van der Waals surface area contributed by atoms with E-state index in [4.69, 9.17) is 13.7 Å². The molecular weight excluding hydrogens is 377 g/mol. The van der Waals surface area contributed by atoms with Crippen LogP contribution in [0.15, 0.2) is 48.5 Å². The van der Waals surface area contributed by atoms with E-state index >= 15 is 0 Å². The topological polar surface area (TPSA) is 82.1 Å². The Kier molecular flexibility index (Phi) is 5.33. The predicted molar refractivity (Wildman–Crippen MR) is 95.9 cm³/mol. The number of hydrogen-bond acceptors (Lipinski definition) is 6. The molecular formula is C18H18FNO6S. The molecule has 1 heterocycles. The largest absolute Gasteiger partial charge is 0.497 e. The third-order valence-electron chi connectivity index (χ3n) is 4.04. The molecule has 0 aliphatic carbocycles. The molecule has 7 nitrogen and oxygen atoms in total. The van der Waals surface area contributed by atoms with Crippen LogP contribution in [-0.2, 0) is 19.1 Å². The highest BCUT2D eigenvalue weighted by molar-refractivity contribution is 7.85. The summed E-state index contributed by atoms with van der Waals surface area (Å²) in [4.78, 5) is 14.0. The van der Waals surface area contributed by atoms with E-state index in [2.05, 4.69) is 0 Å². The smallest absolute Gasteiger partial charge is 0.270 e. The summed E-state index contributed by atoms with van der Waals surface area (Å²) in [6.07, 6.45) is -0.0135. The van der Waals surface area contributed by atoms with Gasteiger partial charge < -0.3 is 9.47 Å². The van der Waals surface area contributed by atoms with Crippen LogP contribution in [0, 0.1) is 5.82 Å². The first-order valence-electron chi connectivity index (χ1n) is 8.02. The fraction of sp³-hybridized carbons (Fsp3) is 0.278. The minimum atomic E-state index is -3.69. The van der Waals surface area contributed by atoms with Crippen molar-refractivity contribution in [2.24, 2.45) is 0 Å². The van der Waals surface area contributed by atoms with Gasteiger partial charge in [-0.15, -0.1) is 0 Å². The van der Waals surface area contributed by atoms with Gasteiger partial charge in [0.2, 0.25) is 6.10 Å². The summed E-state index contributed by atoms with van der Waals surface area (Å²) in [6, 6.07) is 11.3. The standard InChI is InChI=1S/C18H18FNO6S/c1-24-14-9-5-13(6-10-14)20-16(11-25-27(2,22)23)17(18(20)21)26-15-7-3-12(19)4-8-15/h3-10,16-17H,11H2,1-2H3/t16-,17+/m1/s1. The van der Waals surface area contributed by atoms with Gasteiger partial charge in [0.15, 0.2) is 0 Å². The average Bonchev–Trinajstić information content (AvgIpc) is 2.64. The fourth-order valence-electron chi connectivity index (χ4n) is 2.72. The summed E-state index contributed by atoms with van der Waals surface area (Å²) < 4.78 is 51.4. The molecule has 0 aromatic heterocycles. The Morgan fingerprint density at radius 1 is 1.04 bits per heavy atom. The van der Waals surface area contributed by atoms with Crippen LogP contribution >= 0.6 is 0 Å². The molecule has 0 unspecified atom stereocenters. The molecule has 1 aliphatic rings. The van der Waals surface area contributed by atoms with Crippen LogP contribution in [-0.4, -0.2) is 46.4 Å². The molecule has 1 aliphatic heterocycles. The highest BCUT2D eigenvalue weighted by Crippen LogP contribution is 2.32. The van der Waals surface area contributed by atoms with Gasteiger partial charge in [-0.1, -0.05) is 0 Å². The van der Waals surface area contributed by atoms with Gasteiger partial charge in [0.05, 0.1) is 20.0 Å². The van der Waals surface area contributed by atoms with Gasteiger partial charge in [0.1, 0.15) is 23.4 Å². The van der Waals surface area contributed by atoms with Crippen molar-refractivity contribution in [3.05, 3.63) is 54.3 Å². The van der Waals surface area contributed by atoms with Crippen LogP contribution in [0.2, 0.25) is 0 Å². The van der Waals surface area contributed by atoms with Gasteiger partial charge in [-0.05, 0) is 48.5 Å². The number of carbonyl (C=O) groups is 1. The van der Waals surface area contributed by atoms with Gasteiger partial charge in [-0.25, -0.2) is 4.39 Å². The molecule has 0 N–H and O–H groups in total. The number of ether oxygens (including phenoxy) is 2. The van der Waals surface area contributed by atoms with Crippen molar-refractivity contribution in [1.82, 2.24) is 0 Å². The second kappa shape index (κ2) is 7.53. The first-order valence-corrected chi connectivity index (χ1v) is 9.84. The quantitative estimate of drug-likeness (QED) is 0.527. The molecule has 9 heteroatoms. The van der Waals surface area contributed by atoms with Crippen LogP contribution in [0.3, 0.4) is 0 Å². The van der Waals surface area contributed by atoms with Gasteiger partial charge in [-0.2, -0.15) is 8.42 Å². The van der Waals surface area contributed by atoms with Crippen molar-refractivity contribution >= 4 is 21.7 Å². The third-order valence-corrected chi connectivity index (χ3v) is 4.61. The molecule has 2 atom stereocenters. The van der Waals surface area contributed by atoms with E-state index < -0.39 is 28.1 Å². The maximum absolute atomic E-state index is 13.0. The van der Waals surface area contributed by atoms with Crippen LogP contribution in [0.4, 0.5) is 10.1 Å². The summed E-state index contributed by atoms with van der Waals surface area (Å²) in [5.41, 5.74) is 0.557. The molecule has 2 aromatic carbocycles. The molecule has 1 saturated heterocycles. The lowest BCUT2D eigenvalue weighted by Gasteiger charge is -2.45. The van der Waals surface area contributed by atoms with E-state index in [0.717, 1.165) is 6.26 Å². The third kappa shape index (κ3) is 4.37. The molecule has 1 amide bonds. The number of halogens is 1. The fourth-order valence-corrected chi connectivity index (χ4v) is 3.11. The highest BCUT2D eigenvalue weighted by atomic mass is 32.2. The maximum Gasteiger partial charge on any atom is 0.270 e. The zero-order chi connectivity index (χ0) is 19.6. The van der Waals surface area contributed by atoms with Crippen molar-refractivity contribution in [3.63, 3.8) is 0 Å². The lowest BCUT2D eigenvalue weighted by Crippen LogP contribution is -2.69. The zero-order valence-corrected chi connectivity index (χ0v) is 15.5. The Balaban J connectivity index is 1.81. The number of amides is 1. The van der Waals surface area contributed by atoms with Crippen molar-refractivity contribution in [1.29, 1.82) is 0 Å². The number of carbonyl (C=O) groups excluding carboxylic acids is 1. The predicted octanol–water partition coefficient (Wildman–Crippen LogP) is 1.97. The summed E-state index contributed by atoms with van der Waals surface area (Å²) in [6.45, 7) is -0.261. The number of anilines is 1. The Bertz CT molecular complexity index is 914. The summed E-state index contributed by atoms with van der Waals surface area (Å²) in [7, 11) is -2.17. The van der Waals surface area contributed by atoms with Crippen molar-refractivity contribution < 1.29 is 31.3 Å². The monoisotopic (exact) mass is 395 g/mol. The number of benzene rings is 2. The molecule has 3 rings (SSSR count). The highest BCUT2D eigenvalue weighted by Gasteiger charge is 2.50. The number of β-lactam (4-membered cyclic amide) rings is 1. The summed E-state index contributed by atoms with van der Waals surface area (Å²) in [5, 5.41) is 0. The molecule has 1 fully saturated rings. The Labute approximate surface area is 156 Å². The van der Waals surface area contributed by atoms with Gasteiger partial charge >= 0.3 is 0 Å². The molecule has 144 valence electrons. The second-order valence-corrected chi connectivity index (χ2v) is 7.60. The van der Waals surface area contributed by atoms with Crippen LogP contribution in [0.25, 0.3) is 0 Å². The first kappa shape index (κ1) is 19.1. The minimum absolute atomic E-state index is 0.261. The Morgan fingerprint density at radius 3 is 2.19 bits per heavy atom. The normalized spacial score (nSPS) is 19.5. The Morgan fingerprint density at radius 2 is 1.63 bits per heavy atom. The first-order chi connectivity index (χ1) is 12.8. The summed E-state index contributed by atoms with van der Waals surface area (Å²) in [5.74, 6) is 0.133. The SMILES string of the molecule is COc1ccc(N2C(=O)[C@@H](Oc3ccc(F)cc3)[C@H]2COS(C)(=O)=O)cc1. The number of methoxy groups -OCH3 is 1. The average molecular weight is 395 g/mol. The second-order valence-electron chi connectivity index (χ2n) is 5.95.